The largest absolute Gasteiger partial charge is 0.486 e. The van der Waals surface area contributed by atoms with Gasteiger partial charge in [0.25, 0.3) is 5.56 Å². The number of halogens is 1. The van der Waals surface area contributed by atoms with Crippen molar-refractivity contribution in [2.45, 2.75) is 78.0 Å². The Bertz CT molecular complexity index is 2520. The lowest BCUT2D eigenvalue weighted by atomic mass is 9.87. The molecule has 3 aromatic carbocycles. The molecule has 12 nitrogen and oxygen atoms in total. The van der Waals surface area contributed by atoms with Gasteiger partial charge in [0.15, 0.2) is 11.3 Å². The molecular formula is C42H47FN8O4. The molecule has 3 aromatic heterocycles. The van der Waals surface area contributed by atoms with E-state index in [4.69, 9.17) is 29.6 Å². The first kappa shape index (κ1) is 36.4. The van der Waals surface area contributed by atoms with Gasteiger partial charge in [0.1, 0.15) is 29.9 Å². The molecule has 1 atom stereocenters. The summed E-state index contributed by atoms with van der Waals surface area (Å²) < 4.78 is 36.6. The second-order valence-corrected chi connectivity index (χ2v) is 15.1. The van der Waals surface area contributed by atoms with Crippen LogP contribution in [0.3, 0.4) is 0 Å². The molecule has 1 saturated carbocycles. The van der Waals surface area contributed by atoms with E-state index >= 15 is 4.39 Å². The molecule has 55 heavy (non-hydrogen) atoms. The second-order valence-electron chi connectivity index (χ2n) is 15.1. The van der Waals surface area contributed by atoms with Crippen molar-refractivity contribution >= 4 is 50.4 Å². The van der Waals surface area contributed by atoms with Crippen LogP contribution in [0.15, 0.2) is 41.3 Å². The van der Waals surface area contributed by atoms with E-state index in [1.54, 1.807) is 14.0 Å². The van der Waals surface area contributed by atoms with Gasteiger partial charge in [-0.3, -0.25) is 9.48 Å². The first-order valence-electron chi connectivity index (χ1n) is 19.1. The number of aromatic amines is 1. The summed E-state index contributed by atoms with van der Waals surface area (Å²) in [5.74, 6) is 1.19. The number of aromatic nitrogens is 5. The molecule has 2 aliphatic rings. The quantitative estimate of drug-likeness (QED) is 0.0908. The highest BCUT2D eigenvalue weighted by atomic mass is 19.1. The van der Waals surface area contributed by atoms with Crippen LogP contribution >= 0.6 is 0 Å². The van der Waals surface area contributed by atoms with Crippen molar-refractivity contribution in [3.8, 4) is 22.9 Å². The molecule has 1 aliphatic heterocycles. The molecule has 8 rings (SSSR count). The number of hydrogen-bond acceptors (Lipinski definition) is 10. The van der Waals surface area contributed by atoms with Crippen molar-refractivity contribution in [2.75, 3.05) is 37.9 Å². The van der Waals surface area contributed by atoms with Crippen LogP contribution in [0.1, 0.15) is 80.7 Å². The molecule has 4 heterocycles. The topological polar surface area (TPSA) is 152 Å². The van der Waals surface area contributed by atoms with Gasteiger partial charge in [-0.25, -0.2) is 4.39 Å². The lowest BCUT2D eigenvalue weighted by Crippen LogP contribution is -2.26. The summed E-state index contributed by atoms with van der Waals surface area (Å²) in [6.07, 6.45) is 6.48. The molecule has 1 unspecified atom stereocenters. The van der Waals surface area contributed by atoms with Crippen molar-refractivity contribution in [3.63, 3.8) is 0 Å². The molecule has 0 spiro atoms. The van der Waals surface area contributed by atoms with Crippen LogP contribution in [0, 0.1) is 24.1 Å². The van der Waals surface area contributed by atoms with Crippen molar-refractivity contribution in [1.82, 2.24) is 24.7 Å². The van der Waals surface area contributed by atoms with Gasteiger partial charge in [-0.15, -0.1) is 0 Å². The zero-order valence-electron chi connectivity index (χ0n) is 32.1. The average molecular weight is 747 g/mol. The van der Waals surface area contributed by atoms with Crippen LogP contribution in [-0.4, -0.2) is 64.4 Å². The first-order valence-corrected chi connectivity index (χ1v) is 19.1. The molecule has 0 bridgehead atoms. The molecule has 1 aliphatic carbocycles. The normalized spacial score (nSPS) is 15.6. The lowest BCUT2D eigenvalue weighted by molar-refractivity contribution is 0.0219. The standard InChI is InChI=1S/C42H47FN8O4/c1-21(2)23(4)51-19-31-27-10-7-24(15-34(27)47-41(52)38(31)50-51)20-54-39-36(35-22(3)32(43)17-33(45-5)30(35)18-44)28(25-8-9-25)16-29-37(39)48-42(49-40(29)46-6)55-26-11-13-53-14-12-26/h7,10,15-19,21,23,25-26,44-45H,8-9,11-14,20H2,1-6H3,(H,47,52)(H,46,48,49). The van der Waals surface area contributed by atoms with Gasteiger partial charge < -0.3 is 35.2 Å². The summed E-state index contributed by atoms with van der Waals surface area (Å²) in [7, 11) is 3.54. The van der Waals surface area contributed by atoms with Crippen molar-refractivity contribution in [2.24, 2.45) is 5.92 Å². The Morgan fingerprint density at radius 1 is 1.02 bits per heavy atom. The third kappa shape index (κ3) is 6.64. The minimum atomic E-state index is -0.393. The third-order valence-corrected chi connectivity index (χ3v) is 11.2. The van der Waals surface area contributed by atoms with Crippen molar-refractivity contribution in [3.05, 3.63) is 75.0 Å². The Labute approximate surface area is 318 Å². The van der Waals surface area contributed by atoms with Gasteiger partial charge >= 0.3 is 6.01 Å². The molecule has 286 valence electrons. The monoisotopic (exact) mass is 746 g/mol. The maximum atomic E-state index is 15.8. The van der Waals surface area contributed by atoms with Gasteiger partial charge in [-0.05, 0) is 73.4 Å². The van der Waals surface area contributed by atoms with E-state index in [2.05, 4.69) is 47.6 Å². The maximum Gasteiger partial charge on any atom is 0.319 e. The fraction of sp³-hybridized carbons (Fsp3) is 0.405. The lowest BCUT2D eigenvalue weighted by Gasteiger charge is -2.25. The highest BCUT2D eigenvalue weighted by Crippen LogP contribution is 2.53. The van der Waals surface area contributed by atoms with Crippen LogP contribution in [0.2, 0.25) is 0 Å². The van der Waals surface area contributed by atoms with Crippen LogP contribution in [-0.2, 0) is 11.3 Å². The fourth-order valence-electron chi connectivity index (χ4n) is 7.61. The molecule has 4 N–H and O–H groups in total. The number of anilines is 2. The van der Waals surface area contributed by atoms with Gasteiger partial charge in [0, 0.05) is 83.4 Å². The number of rotatable bonds is 12. The highest BCUT2D eigenvalue weighted by Gasteiger charge is 2.34. The summed E-state index contributed by atoms with van der Waals surface area (Å²) in [6, 6.07) is 9.74. The number of benzene rings is 3. The van der Waals surface area contributed by atoms with Crippen LogP contribution in [0.25, 0.3) is 43.8 Å². The Kier molecular flexibility index (Phi) is 9.66. The second kappa shape index (κ2) is 14.6. The number of fused-ring (bicyclic) bond motifs is 4. The van der Waals surface area contributed by atoms with Gasteiger partial charge in [0.2, 0.25) is 0 Å². The Hall–Kier alpha value is -5.56. The number of H-pyrrole nitrogens is 1. The summed E-state index contributed by atoms with van der Waals surface area (Å²) in [5, 5.41) is 21.9. The SMILES string of the molecule is CNc1cc(F)c(C)c(-c2c(C3CC3)cc3c(NC)nc(OC4CCOCC4)nc3c2OCc2ccc3c(c2)[nH]c(=O)c2nn(C(C)C(C)C)cc23)c1C=N. The predicted octanol–water partition coefficient (Wildman–Crippen LogP) is 8.25. The van der Waals surface area contributed by atoms with Crippen molar-refractivity contribution < 1.29 is 18.6 Å². The van der Waals surface area contributed by atoms with E-state index in [0.717, 1.165) is 53.0 Å². The number of nitrogens with zero attached hydrogens (tertiary/aromatic N) is 4. The highest BCUT2D eigenvalue weighted by molar-refractivity contribution is 6.06. The predicted molar refractivity (Wildman–Crippen MR) is 215 cm³/mol. The molecule has 1 saturated heterocycles. The van der Waals surface area contributed by atoms with E-state index in [1.165, 1.54) is 12.3 Å². The molecule has 0 radical (unpaired) electrons. The smallest absolute Gasteiger partial charge is 0.319 e. The number of hydrogen-bond donors (Lipinski definition) is 4. The Morgan fingerprint density at radius 3 is 2.49 bits per heavy atom. The minimum Gasteiger partial charge on any atom is -0.486 e. The Balaban J connectivity index is 1.31. The number of nitrogens with one attached hydrogen (secondary N) is 4. The molecular weight excluding hydrogens is 700 g/mol. The summed E-state index contributed by atoms with van der Waals surface area (Å²) in [4.78, 5) is 26.1. The zero-order chi connectivity index (χ0) is 38.5. The third-order valence-electron chi connectivity index (χ3n) is 11.2. The van der Waals surface area contributed by atoms with E-state index in [9.17, 15) is 4.79 Å². The number of pyridine rings is 1. The molecule has 0 amide bonds. The molecule has 13 heteroatoms. The van der Waals surface area contributed by atoms with Crippen LogP contribution in [0.5, 0.6) is 11.8 Å². The number of ether oxygens (including phenoxy) is 3. The zero-order valence-corrected chi connectivity index (χ0v) is 32.1. The van der Waals surface area contributed by atoms with Gasteiger partial charge in [-0.2, -0.15) is 15.1 Å². The van der Waals surface area contributed by atoms with Crippen LogP contribution < -0.4 is 25.7 Å². The fourth-order valence-corrected chi connectivity index (χ4v) is 7.61. The first-order chi connectivity index (χ1) is 26.6. The molecule has 6 aromatic rings. The van der Waals surface area contributed by atoms with Gasteiger partial charge in [-0.1, -0.05) is 26.0 Å². The maximum absolute atomic E-state index is 15.8. The van der Waals surface area contributed by atoms with E-state index in [0.29, 0.717) is 75.2 Å². The molecule has 2 fully saturated rings. The van der Waals surface area contributed by atoms with Crippen molar-refractivity contribution in [1.29, 1.82) is 5.41 Å². The summed E-state index contributed by atoms with van der Waals surface area (Å²) >= 11 is 0. The summed E-state index contributed by atoms with van der Waals surface area (Å²) in [6.45, 7) is 9.41. The summed E-state index contributed by atoms with van der Waals surface area (Å²) in [5.41, 5.74) is 5.85. The van der Waals surface area contributed by atoms with Crippen LogP contribution in [0.4, 0.5) is 15.9 Å². The van der Waals surface area contributed by atoms with Gasteiger partial charge in [0.05, 0.1) is 19.3 Å². The van der Waals surface area contributed by atoms with E-state index < -0.39 is 5.82 Å². The Morgan fingerprint density at radius 2 is 1.80 bits per heavy atom. The minimum absolute atomic E-state index is 0.106. The van der Waals surface area contributed by atoms with E-state index in [1.807, 2.05) is 36.1 Å². The van der Waals surface area contributed by atoms with E-state index in [-0.39, 0.29) is 36.2 Å². The average Bonchev–Trinajstić information content (AvgIpc) is 3.94.